The quantitative estimate of drug-likeness (QED) is 0.866. The highest BCUT2D eigenvalue weighted by atomic mass is 32.1. The van der Waals surface area contributed by atoms with Crippen molar-refractivity contribution in [1.29, 1.82) is 0 Å². The highest BCUT2D eigenvalue weighted by molar-refractivity contribution is 7.14. The molecule has 2 unspecified atom stereocenters. The minimum atomic E-state index is -0.281. The van der Waals surface area contributed by atoms with Crippen LogP contribution in [0, 0.1) is 11.7 Å². The Kier molecular flexibility index (Phi) is 5.58. The molecule has 1 aromatic carbocycles. The van der Waals surface area contributed by atoms with Crippen molar-refractivity contribution in [1.82, 2.24) is 4.98 Å². The number of nitrogens with one attached hydrogen (secondary N) is 1. The summed E-state index contributed by atoms with van der Waals surface area (Å²) in [4.78, 5) is 16.4. The van der Waals surface area contributed by atoms with Crippen LogP contribution < -0.4 is 5.32 Å². The van der Waals surface area contributed by atoms with Crippen molar-refractivity contribution in [3.63, 3.8) is 0 Å². The number of anilines is 1. The first-order chi connectivity index (χ1) is 11.6. The van der Waals surface area contributed by atoms with Gasteiger partial charge in [-0.1, -0.05) is 19.8 Å². The van der Waals surface area contributed by atoms with Gasteiger partial charge in [-0.05, 0) is 43.0 Å². The molecule has 1 fully saturated rings. The summed E-state index contributed by atoms with van der Waals surface area (Å²) in [6, 6.07) is 6.13. The molecule has 24 heavy (non-hydrogen) atoms. The van der Waals surface area contributed by atoms with Crippen LogP contribution in [0.25, 0.3) is 11.3 Å². The van der Waals surface area contributed by atoms with Gasteiger partial charge in [-0.2, -0.15) is 0 Å². The number of nitrogens with zero attached hydrogens (tertiary/aromatic N) is 1. The zero-order valence-corrected chi connectivity index (χ0v) is 14.4. The topological polar surface area (TPSA) is 51.2 Å². The van der Waals surface area contributed by atoms with Crippen LogP contribution in [0.5, 0.6) is 0 Å². The van der Waals surface area contributed by atoms with Gasteiger partial charge in [-0.3, -0.25) is 10.1 Å². The molecule has 0 radical (unpaired) electrons. The fraction of sp³-hybridized carbons (Fsp3) is 0.444. The average Bonchev–Trinajstić information content (AvgIpc) is 3.03. The summed E-state index contributed by atoms with van der Waals surface area (Å²) in [5.74, 6) is 0.0425. The van der Waals surface area contributed by atoms with Gasteiger partial charge in [0.1, 0.15) is 12.4 Å². The summed E-state index contributed by atoms with van der Waals surface area (Å²) in [5.41, 5.74) is 1.54. The molecule has 4 nitrogen and oxygen atoms in total. The van der Waals surface area contributed by atoms with Crippen LogP contribution in [-0.4, -0.2) is 23.6 Å². The van der Waals surface area contributed by atoms with Gasteiger partial charge in [0.05, 0.1) is 11.8 Å². The molecule has 1 N–H and O–H groups in total. The van der Waals surface area contributed by atoms with Crippen molar-refractivity contribution in [2.45, 2.75) is 38.7 Å². The third kappa shape index (κ3) is 4.39. The van der Waals surface area contributed by atoms with Gasteiger partial charge < -0.3 is 4.74 Å². The van der Waals surface area contributed by atoms with E-state index in [2.05, 4.69) is 17.2 Å². The molecule has 128 valence electrons. The maximum absolute atomic E-state index is 13.0. The number of carbonyl (C=O) groups excluding carboxylic acids is 1. The van der Waals surface area contributed by atoms with Gasteiger partial charge in [-0.25, -0.2) is 9.37 Å². The molecular formula is C18H21FN2O2S. The number of amides is 1. The van der Waals surface area contributed by atoms with Gasteiger partial charge in [0.15, 0.2) is 5.13 Å². The molecular weight excluding hydrogens is 327 g/mol. The van der Waals surface area contributed by atoms with Crippen LogP contribution >= 0.6 is 11.3 Å². The van der Waals surface area contributed by atoms with Gasteiger partial charge in [0.2, 0.25) is 0 Å². The molecule has 0 saturated heterocycles. The lowest BCUT2D eigenvalue weighted by Gasteiger charge is -2.28. The van der Waals surface area contributed by atoms with Gasteiger partial charge in [0, 0.05) is 10.9 Å². The molecule has 0 aliphatic heterocycles. The van der Waals surface area contributed by atoms with Gasteiger partial charge in [0.25, 0.3) is 5.91 Å². The number of hydrogen-bond donors (Lipinski definition) is 1. The number of benzene rings is 1. The summed E-state index contributed by atoms with van der Waals surface area (Å²) < 4.78 is 18.7. The zero-order chi connectivity index (χ0) is 16.9. The largest absolute Gasteiger partial charge is 0.368 e. The lowest BCUT2D eigenvalue weighted by Crippen LogP contribution is -2.29. The van der Waals surface area contributed by atoms with E-state index in [-0.39, 0.29) is 24.4 Å². The molecule has 2 atom stereocenters. The number of rotatable bonds is 5. The minimum absolute atomic E-state index is 0.0560. The Balaban J connectivity index is 1.52. The van der Waals surface area contributed by atoms with E-state index in [0.29, 0.717) is 11.0 Å². The lowest BCUT2D eigenvalue weighted by molar-refractivity contribution is -0.124. The molecule has 1 aliphatic carbocycles. The molecule has 0 spiro atoms. The third-order valence-electron chi connectivity index (χ3n) is 4.35. The minimum Gasteiger partial charge on any atom is -0.368 e. The molecule has 1 aliphatic rings. The maximum Gasteiger partial charge on any atom is 0.252 e. The number of thiazole rings is 1. The van der Waals surface area contributed by atoms with Crippen molar-refractivity contribution in [3.05, 3.63) is 35.5 Å². The Hall–Kier alpha value is -1.79. The Morgan fingerprint density at radius 1 is 1.33 bits per heavy atom. The number of aromatic nitrogens is 1. The first-order valence-electron chi connectivity index (χ1n) is 8.25. The lowest BCUT2D eigenvalue weighted by atomic mass is 9.88. The van der Waals surface area contributed by atoms with E-state index >= 15 is 0 Å². The highest BCUT2D eigenvalue weighted by Crippen LogP contribution is 2.27. The average molecular weight is 348 g/mol. The second kappa shape index (κ2) is 7.85. The second-order valence-electron chi connectivity index (χ2n) is 6.20. The van der Waals surface area contributed by atoms with Gasteiger partial charge in [-0.15, -0.1) is 11.3 Å². The molecule has 1 aromatic heterocycles. The van der Waals surface area contributed by atoms with Crippen molar-refractivity contribution in [3.8, 4) is 11.3 Å². The van der Waals surface area contributed by atoms with Crippen molar-refractivity contribution in [2.24, 2.45) is 5.92 Å². The molecule has 1 saturated carbocycles. The highest BCUT2D eigenvalue weighted by Gasteiger charge is 2.22. The van der Waals surface area contributed by atoms with E-state index in [1.807, 2.05) is 5.38 Å². The first kappa shape index (κ1) is 17.0. The maximum atomic E-state index is 13.0. The van der Waals surface area contributed by atoms with E-state index in [0.717, 1.165) is 17.7 Å². The van der Waals surface area contributed by atoms with E-state index in [1.165, 1.54) is 42.7 Å². The van der Waals surface area contributed by atoms with E-state index < -0.39 is 0 Å². The SMILES string of the molecule is CC1CCCCC1OCC(=O)Nc1nc(-c2ccc(F)cc2)cs1. The molecule has 3 rings (SSSR count). The summed E-state index contributed by atoms with van der Waals surface area (Å²) in [6.07, 6.45) is 4.79. The van der Waals surface area contributed by atoms with Crippen LogP contribution in [0.3, 0.4) is 0 Å². The molecule has 2 aromatic rings. The van der Waals surface area contributed by atoms with Crippen LogP contribution in [0.4, 0.5) is 9.52 Å². The smallest absolute Gasteiger partial charge is 0.252 e. The number of hydrogen-bond acceptors (Lipinski definition) is 4. The zero-order valence-electron chi connectivity index (χ0n) is 13.6. The van der Waals surface area contributed by atoms with Gasteiger partial charge >= 0.3 is 0 Å². The monoisotopic (exact) mass is 348 g/mol. The second-order valence-corrected chi connectivity index (χ2v) is 7.06. The first-order valence-corrected chi connectivity index (χ1v) is 9.12. The van der Waals surface area contributed by atoms with E-state index in [4.69, 9.17) is 4.74 Å². The Morgan fingerprint density at radius 2 is 2.08 bits per heavy atom. The fourth-order valence-electron chi connectivity index (χ4n) is 2.95. The number of carbonyl (C=O) groups is 1. The Bertz CT molecular complexity index is 687. The summed E-state index contributed by atoms with van der Waals surface area (Å²) in [5, 5.41) is 5.13. The fourth-order valence-corrected chi connectivity index (χ4v) is 3.69. The van der Waals surface area contributed by atoms with Crippen molar-refractivity contribution >= 4 is 22.4 Å². The molecule has 1 heterocycles. The Morgan fingerprint density at radius 3 is 2.83 bits per heavy atom. The summed E-state index contributed by atoms with van der Waals surface area (Å²) in [6.45, 7) is 2.23. The van der Waals surface area contributed by atoms with Crippen molar-refractivity contribution in [2.75, 3.05) is 11.9 Å². The normalized spacial score (nSPS) is 20.8. The van der Waals surface area contributed by atoms with Crippen LogP contribution in [0.2, 0.25) is 0 Å². The van der Waals surface area contributed by atoms with Crippen LogP contribution in [0.1, 0.15) is 32.6 Å². The Labute approximate surface area is 145 Å². The third-order valence-corrected chi connectivity index (χ3v) is 5.11. The number of halogens is 1. The standard InChI is InChI=1S/C18H21FN2O2S/c1-12-4-2-3-5-16(12)23-10-17(22)21-18-20-15(11-24-18)13-6-8-14(19)9-7-13/h6-9,11-12,16H,2-5,10H2,1H3,(H,20,21,22). The van der Waals surface area contributed by atoms with E-state index in [9.17, 15) is 9.18 Å². The molecule has 6 heteroatoms. The van der Waals surface area contributed by atoms with Crippen LogP contribution in [0.15, 0.2) is 29.6 Å². The van der Waals surface area contributed by atoms with Crippen molar-refractivity contribution < 1.29 is 13.9 Å². The molecule has 1 amide bonds. The van der Waals surface area contributed by atoms with E-state index in [1.54, 1.807) is 12.1 Å². The van der Waals surface area contributed by atoms with Crippen LogP contribution in [-0.2, 0) is 9.53 Å². The predicted molar refractivity (Wildman–Crippen MR) is 93.5 cm³/mol. The molecule has 0 bridgehead atoms. The predicted octanol–water partition coefficient (Wildman–Crippen LogP) is 4.48. The summed E-state index contributed by atoms with van der Waals surface area (Å²) in [7, 11) is 0. The number of ether oxygens (including phenoxy) is 1. The summed E-state index contributed by atoms with van der Waals surface area (Å²) >= 11 is 1.35.